The molecule has 0 aliphatic heterocycles. The van der Waals surface area contributed by atoms with Crippen LogP contribution in [0.25, 0.3) is 0 Å². The van der Waals surface area contributed by atoms with Gasteiger partial charge in [0, 0.05) is 60.2 Å². The summed E-state index contributed by atoms with van der Waals surface area (Å²) in [4.78, 5) is 24.0. The summed E-state index contributed by atoms with van der Waals surface area (Å²) >= 11 is 2.47. The Balaban J connectivity index is 6.00. The van der Waals surface area contributed by atoms with Gasteiger partial charge in [0.25, 0.3) is 0 Å². The molecule has 0 radical (unpaired) electrons. The summed E-state index contributed by atoms with van der Waals surface area (Å²) in [6.07, 6.45) is 2.53. The van der Waals surface area contributed by atoms with Crippen LogP contribution in [-0.2, 0) is 28.1 Å². The quantitative estimate of drug-likeness (QED) is 0.0428. The van der Waals surface area contributed by atoms with Gasteiger partial charge in [0.1, 0.15) is 0 Å². The molecule has 0 N–H and O–H groups in total. The number of ether oxygens (including phenoxy) is 2. The lowest BCUT2D eigenvalue weighted by atomic mass is 10.00. The van der Waals surface area contributed by atoms with E-state index in [1.54, 1.807) is 0 Å². The van der Waals surface area contributed by atoms with E-state index in [9.17, 15) is 9.59 Å². The summed E-state index contributed by atoms with van der Waals surface area (Å²) in [5.74, 6) is 0.704. The highest BCUT2D eigenvalue weighted by molar-refractivity contribution is 8.13. The van der Waals surface area contributed by atoms with Gasteiger partial charge in [-0.15, -0.1) is 0 Å². The first-order valence-corrected chi connectivity index (χ1v) is 23.9. The molecule has 14 heteroatoms. The number of rotatable bonds is 28. The summed E-state index contributed by atoms with van der Waals surface area (Å²) in [5, 5.41) is 0.282. The first-order valence-electron chi connectivity index (χ1n) is 19.6. The van der Waals surface area contributed by atoms with E-state index in [1.807, 2.05) is 27.7 Å². The van der Waals surface area contributed by atoms with Crippen molar-refractivity contribution in [2.45, 2.75) is 192 Å². The van der Waals surface area contributed by atoms with Crippen LogP contribution in [0.3, 0.4) is 0 Å². The Labute approximate surface area is 332 Å². The average molecular weight is 815 g/mol. The molecule has 310 valence electrons. The van der Waals surface area contributed by atoms with Gasteiger partial charge in [0.2, 0.25) is 0 Å². The number of carbonyl (C=O) groups is 2. The topological polar surface area (TPSA) is 84.0 Å². The standard InChI is InChI=1S/C38H80N4O6P2S2/c1-19-36(43)51-26-45-22-24-47-49(39(28(2)3)29(4)5)41(32(10)11)34(14)20-21-35(15)42(33(12)13)50(40(30(6)7)31(8)9)48-25-23-46-27-52-37(44)38(16,17)18/h28-35H,19-27H2,1-18H3. The van der Waals surface area contributed by atoms with E-state index in [1.165, 1.54) is 23.5 Å². The molecule has 0 heterocycles. The highest BCUT2D eigenvalue weighted by Gasteiger charge is 2.38. The van der Waals surface area contributed by atoms with E-state index >= 15 is 0 Å². The van der Waals surface area contributed by atoms with Gasteiger partial charge in [-0.25, -0.2) is 18.7 Å². The maximum atomic E-state index is 12.3. The fourth-order valence-electron chi connectivity index (χ4n) is 5.98. The van der Waals surface area contributed by atoms with Crippen molar-refractivity contribution < 1.29 is 28.1 Å². The van der Waals surface area contributed by atoms with Crippen LogP contribution in [0.5, 0.6) is 0 Å². The van der Waals surface area contributed by atoms with Crippen molar-refractivity contribution in [1.29, 1.82) is 0 Å². The van der Waals surface area contributed by atoms with Crippen molar-refractivity contribution in [1.82, 2.24) is 18.7 Å². The number of carbonyl (C=O) groups excluding carboxylic acids is 2. The summed E-state index contributed by atoms with van der Waals surface area (Å²) in [6, 6.07) is 2.37. The van der Waals surface area contributed by atoms with E-state index in [-0.39, 0.29) is 39.8 Å². The molecule has 0 spiro atoms. The SMILES string of the molecule is CCC(=O)SCOCCOP(N(C(C)C)C(C)C)N(C(C)C)C(C)CCC(C)N(C(C)C)P(OCCOCSC(=O)C(C)(C)C)N(C(C)C)C(C)C. The molecule has 0 aromatic heterocycles. The van der Waals surface area contributed by atoms with Gasteiger partial charge in [-0.3, -0.25) is 9.59 Å². The van der Waals surface area contributed by atoms with E-state index in [0.29, 0.717) is 68.9 Å². The molecular formula is C38H80N4O6P2S2. The Morgan fingerprint density at radius 3 is 1.15 bits per heavy atom. The molecule has 0 amide bonds. The predicted molar refractivity (Wildman–Crippen MR) is 229 cm³/mol. The zero-order valence-corrected chi connectivity index (χ0v) is 39.9. The van der Waals surface area contributed by atoms with Gasteiger partial charge in [-0.05, 0) is 110 Å². The maximum absolute atomic E-state index is 12.3. The smallest absolute Gasteiger partial charge is 0.196 e. The van der Waals surface area contributed by atoms with Crippen LogP contribution >= 0.6 is 40.4 Å². The largest absolute Gasteiger partial charge is 0.368 e. The highest BCUT2D eigenvalue weighted by atomic mass is 32.2. The lowest BCUT2D eigenvalue weighted by Crippen LogP contribution is -2.46. The van der Waals surface area contributed by atoms with Gasteiger partial charge in [0.15, 0.2) is 27.1 Å². The van der Waals surface area contributed by atoms with Crippen molar-refractivity contribution >= 4 is 50.7 Å². The third-order valence-electron chi connectivity index (χ3n) is 8.22. The second kappa shape index (κ2) is 27.3. The molecule has 0 saturated heterocycles. The molecule has 4 unspecified atom stereocenters. The summed E-state index contributed by atoms with van der Waals surface area (Å²) in [6.45, 7) is 41.3. The molecule has 0 rings (SSSR count). The van der Waals surface area contributed by atoms with E-state index in [2.05, 4.69) is 116 Å². The molecule has 0 saturated carbocycles. The van der Waals surface area contributed by atoms with Crippen LogP contribution in [0.2, 0.25) is 0 Å². The number of thioether (sulfide) groups is 2. The molecule has 0 aliphatic rings. The van der Waals surface area contributed by atoms with Crippen molar-refractivity contribution in [2.24, 2.45) is 5.41 Å². The van der Waals surface area contributed by atoms with Gasteiger partial charge in [-0.1, -0.05) is 51.2 Å². The number of hydrogen-bond acceptors (Lipinski definition) is 12. The molecule has 10 nitrogen and oxygen atoms in total. The predicted octanol–water partition coefficient (Wildman–Crippen LogP) is 10.6. The summed E-state index contributed by atoms with van der Waals surface area (Å²) < 4.78 is 35.4. The van der Waals surface area contributed by atoms with Crippen LogP contribution in [0.4, 0.5) is 0 Å². The number of nitrogens with zero attached hydrogens (tertiary/aromatic N) is 4. The first-order chi connectivity index (χ1) is 24.1. The molecule has 0 aliphatic carbocycles. The van der Waals surface area contributed by atoms with E-state index < -0.39 is 16.9 Å². The van der Waals surface area contributed by atoms with Crippen LogP contribution in [0, 0.1) is 5.41 Å². The lowest BCUT2D eigenvalue weighted by molar-refractivity contribution is -0.117. The molecule has 0 aromatic carbocycles. The van der Waals surface area contributed by atoms with Crippen molar-refractivity contribution in [3.8, 4) is 0 Å². The van der Waals surface area contributed by atoms with Gasteiger partial charge >= 0.3 is 0 Å². The summed E-state index contributed by atoms with van der Waals surface area (Å²) in [5.41, 5.74) is -0.381. The Morgan fingerprint density at radius 1 is 0.538 bits per heavy atom. The lowest BCUT2D eigenvalue weighted by Gasteiger charge is -2.48. The van der Waals surface area contributed by atoms with Gasteiger partial charge < -0.3 is 18.5 Å². The molecular weight excluding hydrogens is 735 g/mol. The van der Waals surface area contributed by atoms with Gasteiger partial charge in [-0.2, -0.15) is 0 Å². The molecule has 0 bridgehead atoms. The second-order valence-electron chi connectivity index (χ2n) is 16.1. The summed E-state index contributed by atoms with van der Waals surface area (Å²) in [7, 11) is -2.15. The Hall–Kier alpha value is 0.580. The van der Waals surface area contributed by atoms with Crippen molar-refractivity contribution in [3.63, 3.8) is 0 Å². The minimum Gasteiger partial charge on any atom is -0.368 e. The molecule has 4 atom stereocenters. The zero-order chi connectivity index (χ0) is 40.3. The van der Waals surface area contributed by atoms with Crippen LogP contribution < -0.4 is 0 Å². The first kappa shape index (κ1) is 52.6. The Morgan fingerprint density at radius 2 is 0.865 bits per heavy atom. The van der Waals surface area contributed by atoms with Crippen LogP contribution in [-0.4, -0.2) is 116 Å². The third kappa shape index (κ3) is 19.6. The fourth-order valence-corrected chi connectivity index (χ4v) is 12.0. The minimum atomic E-state index is -1.08. The van der Waals surface area contributed by atoms with Crippen LogP contribution in [0.15, 0.2) is 0 Å². The molecule has 52 heavy (non-hydrogen) atoms. The van der Waals surface area contributed by atoms with Crippen molar-refractivity contribution in [3.05, 3.63) is 0 Å². The number of hydrogen-bond donors (Lipinski definition) is 0. The molecule has 0 fully saturated rings. The minimum absolute atomic E-state index is 0.136. The van der Waals surface area contributed by atoms with Gasteiger partial charge in [0.05, 0.1) is 38.3 Å². The maximum Gasteiger partial charge on any atom is 0.196 e. The zero-order valence-electron chi connectivity index (χ0n) is 36.4. The fraction of sp³-hybridized carbons (Fsp3) is 0.947. The normalized spacial score (nSPS) is 15.5. The Bertz CT molecular complexity index is 958. The molecule has 0 aromatic rings. The Kier molecular flexibility index (Phi) is 27.6. The third-order valence-corrected chi connectivity index (χ3v) is 16.2. The van der Waals surface area contributed by atoms with Crippen LogP contribution in [0.1, 0.15) is 144 Å². The van der Waals surface area contributed by atoms with E-state index in [4.69, 9.17) is 18.5 Å². The van der Waals surface area contributed by atoms with E-state index in [0.717, 1.165) is 12.8 Å². The highest BCUT2D eigenvalue weighted by Crippen LogP contribution is 2.53. The monoisotopic (exact) mass is 814 g/mol. The van der Waals surface area contributed by atoms with Crippen molar-refractivity contribution in [2.75, 3.05) is 38.3 Å². The second-order valence-corrected chi connectivity index (χ2v) is 21.4. The average Bonchev–Trinajstić information content (AvgIpc) is 3.01.